The van der Waals surface area contributed by atoms with Crippen molar-refractivity contribution in [3.05, 3.63) is 23.8 Å². The molecule has 4 nitrogen and oxygen atoms in total. The van der Waals surface area contributed by atoms with Gasteiger partial charge in [0.05, 0.1) is 5.92 Å². The Morgan fingerprint density at radius 2 is 2.27 bits per heavy atom. The first-order valence-electron chi connectivity index (χ1n) is 7.84. The number of thioether (sulfide) groups is 1. The fourth-order valence-electron chi connectivity index (χ4n) is 2.36. The van der Waals surface area contributed by atoms with Crippen molar-refractivity contribution >= 4 is 29.3 Å². The molecule has 120 valence electrons. The van der Waals surface area contributed by atoms with E-state index in [4.69, 9.17) is 0 Å². The second-order valence-corrected chi connectivity index (χ2v) is 7.35. The number of aryl methyl sites for hydroxylation is 1. The van der Waals surface area contributed by atoms with Gasteiger partial charge in [0.15, 0.2) is 0 Å². The van der Waals surface area contributed by atoms with Crippen LogP contribution in [0.4, 0.5) is 5.69 Å². The van der Waals surface area contributed by atoms with Crippen LogP contribution < -0.4 is 10.6 Å². The number of piperidine rings is 1. The normalized spacial score (nSPS) is 19.4. The zero-order chi connectivity index (χ0) is 16.1. The number of hydrogen-bond acceptors (Lipinski definition) is 3. The van der Waals surface area contributed by atoms with Gasteiger partial charge in [0.1, 0.15) is 0 Å². The summed E-state index contributed by atoms with van der Waals surface area (Å²) in [5.74, 6) is -0.108. The van der Waals surface area contributed by atoms with Gasteiger partial charge in [-0.25, -0.2) is 0 Å². The third-order valence-corrected chi connectivity index (χ3v) is 5.27. The van der Waals surface area contributed by atoms with Crippen molar-refractivity contribution in [3.63, 3.8) is 0 Å². The molecule has 1 saturated heterocycles. The number of anilines is 1. The van der Waals surface area contributed by atoms with Crippen LogP contribution in [0.25, 0.3) is 0 Å². The van der Waals surface area contributed by atoms with Gasteiger partial charge in [-0.2, -0.15) is 0 Å². The van der Waals surface area contributed by atoms with Crippen molar-refractivity contribution in [2.45, 2.75) is 50.2 Å². The summed E-state index contributed by atoms with van der Waals surface area (Å²) >= 11 is 1.85. The van der Waals surface area contributed by atoms with E-state index >= 15 is 0 Å². The molecule has 2 atom stereocenters. The SMILES string of the molecule is CCC(C)Sc1ccc(NC(=O)C2CCC(=O)NC2)c(C)c1. The Labute approximate surface area is 136 Å². The summed E-state index contributed by atoms with van der Waals surface area (Å²) in [6.07, 6.45) is 2.19. The Morgan fingerprint density at radius 3 is 2.86 bits per heavy atom. The molecule has 0 spiro atoms. The van der Waals surface area contributed by atoms with Gasteiger partial charge in [0.25, 0.3) is 0 Å². The van der Waals surface area contributed by atoms with E-state index < -0.39 is 0 Å². The molecule has 5 heteroatoms. The van der Waals surface area contributed by atoms with Gasteiger partial charge < -0.3 is 10.6 Å². The summed E-state index contributed by atoms with van der Waals surface area (Å²) in [6.45, 7) is 6.85. The summed E-state index contributed by atoms with van der Waals surface area (Å²) in [4.78, 5) is 24.6. The third-order valence-electron chi connectivity index (χ3n) is 4.00. The summed E-state index contributed by atoms with van der Waals surface area (Å²) in [5, 5.41) is 6.33. The van der Waals surface area contributed by atoms with E-state index in [1.807, 2.05) is 24.8 Å². The molecule has 22 heavy (non-hydrogen) atoms. The molecule has 2 unspecified atom stereocenters. The number of nitrogens with one attached hydrogen (secondary N) is 2. The van der Waals surface area contributed by atoms with Crippen molar-refractivity contribution in [1.82, 2.24) is 5.32 Å². The van der Waals surface area contributed by atoms with E-state index in [1.54, 1.807) is 0 Å². The standard InChI is InChI=1S/C17H24N2O2S/c1-4-12(3)22-14-6-7-15(11(2)9-14)19-17(21)13-5-8-16(20)18-10-13/h6-7,9,12-13H,4-5,8,10H2,1-3H3,(H,18,20)(H,19,21). The molecular weight excluding hydrogens is 296 g/mol. The monoisotopic (exact) mass is 320 g/mol. The van der Waals surface area contributed by atoms with E-state index in [0.717, 1.165) is 17.7 Å². The molecule has 2 amide bonds. The second kappa shape index (κ2) is 7.68. The number of benzene rings is 1. The van der Waals surface area contributed by atoms with Crippen LogP contribution in [0.3, 0.4) is 0 Å². The molecule has 1 aliphatic rings. The molecule has 0 aromatic heterocycles. The van der Waals surface area contributed by atoms with E-state index in [9.17, 15) is 9.59 Å². The minimum absolute atomic E-state index is 0.00886. The highest BCUT2D eigenvalue weighted by molar-refractivity contribution is 7.99. The molecule has 1 aromatic carbocycles. The molecule has 0 radical (unpaired) electrons. The molecule has 2 N–H and O–H groups in total. The predicted molar refractivity (Wildman–Crippen MR) is 91.2 cm³/mol. The Hall–Kier alpha value is -1.49. The van der Waals surface area contributed by atoms with Gasteiger partial charge in [-0.1, -0.05) is 13.8 Å². The Kier molecular flexibility index (Phi) is 5.89. The maximum Gasteiger partial charge on any atom is 0.229 e. The van der Waals surface area contributed by atoms with E-state index in [1.165, 1.54) is 4.90 Å². The van der Waals surface area contributed by atoms with E-state index in [0.29, 0.717) is 24.6 Å². The van der Waals surface area contributed by atoms with Crippen LogP contribution in [0.15, 0.2) is 23.1 Å². The largest absolute Gasteiger partial charge is 0.355 e. The van der Waals surface area contributed by atoms with Crippen molar-refractivity contribution in [3.8, 4) is 0 Å². The van der Waals surface area contributed by atoms with Crippen molar-refractivity contribution in [1.29, 1.82) is 0 Å². The van der Waals surface area contributed by atoms with E-state index in [2.05, 4.69) is 36.6 Å². The van der Waals surface area contributed by atoms with Gasteiger partial charge >= 0.3 is 0 Å². The van der Waals surface area contributed by atoms with Crippen molar-refractivity contribution < 1.29 is 9.59 Å². The van der Waals surface area contributed by atoms with Crippen LogP contribution in [-0.4, -0.2) is 23.6 Å². The highest BCUT2D eigenvalue weighted by Gasteiger charge is 2.24. The number of carbonyl (C=O) groups is 2. The molecular formula is C17H24N2O2S. The second-order valence-electron chi connectivity index (χ2n) is 5.84. The quantitative estimate of drug-likeness (QED) is 0.818. The van der Waals surface area contributed by atoms with Crippen LogP contribution in [0, 0.1) is 12.8 Å². The zero-order valence-corrected chi connectivity index (χ0v) is 14.3. The molecule has 0 aliphatic carbocycles. The topological polar surface area (TPSA) is 58.2 Å². The lowest BCUT2D eigenvalue weighted by atomic mass is 9.98. The van der Waals surface area contributed by atoms with Crippen LogP contribution >= 0.6 is 11.8 Å². The molecule has 0 saturated carbocycles. The first kappa shape index (κ1) is 16.9. The van der Waals surface area contributed by atoms with Gasteiger partial charge in [-0.15, -0.1) is 11.8 Å². The average molecular weight is 320 g/mol. The third kappa shape index (κ3) is 4.50. The summed E-state index contributed by atoms with van der Waals surface area (Å²) < 4.78 is 0. The molecule has 1 aromatic rings. The maximum atomic E-state index is 12.3. The molecule has 1 heterocycles. The number of hydrogen-bond donors (Lipinski definition) is 2. The summed E-state index contributed by atoms with van der Waals surface area (Å²) in [7, 11) is 0. The fraction of sp³-hybridized carbons (Fsp3) is 0.529. The average Bonchev–Trinajstić information content (AvgIpc) is 2.50. The first-order chi connectivity index (χ1) is 10.5. The highest BCUT2D eigenvalue weighted by atomic mass is 32.2. The van der Waals surface area contributed by atoms with Crippen LogP contribution in [0.1, 0.15) is 38.7 Å². The summed E-state index contributed by atoms with van der Waals surface area (Å²) in [5.41, 5.74) is 1.93. The zero-order valence-electron chi connectivity index (χ0n) is 13.4. The Balaban J connectivity index is 1.97. The molecule has 0 bridgehead atoms. The lowest BCUT2D eigenvalue weighted by Crippen LogP contribution is -2.40. The first-order valence-corrected chi connectivity index (χ1v) is 8.72. The van der Waals surface area contributed by atoms with Gasteiger partial charge in [-0.3, -0.25) is 9.59 Å². The van der Waals surface area contributed by atoms with Crippen LogP contribution in [0.5, 0.6) is 0 Å². The fourth-order valence-corrected chi connectivity index (χ4v) is 3.38. The minimum Gasteiger partial charge on any atom is -0.355 e. The minimum atomic E-state index is -0.133. The van der Waals surface area contributed by atoms with Gasteiger partial charge in [0.2, 0.25) is 11.8 Å². The molecule has 2 rings (SSSR count). The van der Waals surface area contributed by atoms with Gasteiger partial charge in [-0.05, 0) is 43.5 Å². The number of carbonyl (C=O) groups excluding carboxylic acids is 2. The smallest absolute Gasteiger partial charge is 0.229 e. The number of rotatable bonds is 5. The highest BCUT2D eigenvalue weighted by Crippen LogP contribution is 2.28. The maximum absolute atomic E-state index is 12.3. The van der Waals surface area contributed by atoms with Crippen LogP contribution in [-0.2, 0) is 9.59 Å². The van der Waals surface area contributed by atoms with E-state index in [-0.39, 0.29) is 17.7 Å². The van der Waals surface area contributed by atoms with Crippen molar-refractivity contribution in [2.24, 2.45) is 5.92 Å². The summed E-state index contributed by atoms with van der Waals surface area (Å²) in [6, 6.07) is 6.15. The molecule has 1 aliphatic heterocycles. The van der Waals surface area contributed by atoms with Crippen molar-refractivity contribution in [2.75, 3.05) is 11.9 Å². The lowest BCUT2D eigenvalue weighted by Gasteiger charge is -2.22. The lowest BCUT2D eigenvalue weighted by molar-refractivity contribution is -0.126. The number of amides is 2. The molecule has 1 fully saturated rings. The predicted octanol–water partition coefficient (Wildman–Crippen LogP) is 3.35. The van der Waals surface area contributed by atoms with Crippen LogP contribution in [0.2, 0.25) is 0 Å². The Morgan fingerprint density at radius 1 is 1.50 bits per heavy atom. The Bertz CT molecular complexity index is 550. The van der Waals surface area contributed by atoms with Gasteiger partial charge in [0, 0.05) is 28.8 Å².